The van der Waals surface area contributed by atoms with Crippen molar-refractivity contribution in [2.45, 2.75) is 20.4 Å². The highest BCUT2D eigenvalue weighted by atomic mass is 32.1. The fourth-order valence-corrected chi connectivity index (χ4v) is 3.43. The third-order valence-corrected chi connectivity index (χ3v) is 4.80. The number of hydrogen-bond donors (Lipinski definition) is 0. The summed E-state index contributed by atoms with van der Waals surface area (Å²) >= 11 is 1.57. The van der Waals surface area contributed by atoms with Gasteiger partial charge in [-0.2, -0.15) is 4.98 Å². The molecular formula is C19H16N4O2S. The molecule has 0 aliphatic rings. The van der Waals surface area contributed by atoms with Crippen LogP contribution in [-0.2, 0) is 6.54 Å². The molecule has 0 unspecified atom stereocenters. The number of rotatable bonds is 4. The summed E-state index contributed by atoms with van der Waals surface area (Å²) in [5.41, 5.74) is 2.62. The van der Waals surface area contributed by atoms with Crippen LogP contribution >= 0.6 is 11.3 Å². The highest BCUT2D eigenvalue weighted by molar-refractivity contribution is 7.11. The van der Waals surface area contributed by atoms with E-state index in [-0.39, 0.29) is 5.56 Å². The Morgan fingerprint density at radius 2 is 2.04 bits per heavy atom. The van der Waals surface area contributed by atoms with Gasteiger partial charge in [-0.05, 0) is 26.0 Å². The monoisotopic (exact) mass is 364 g/mol. The van der Waals surface area contributed by atoms with E-state index in [1.54, 1.807) is 34.4 Å². The molecule has 0 radical (unpaired) electrons. The van der Waals surface area contributed by atoms with Crippen LogP contribution < -0.4 is 5.56 Å². The van der Waals surface area contributed by atoms with Gasteiger partial charge in [-0.15, -0.1) is 11.3 Å². The van der Waals surface area contributed by atoms with Gasteiger partial charge in [0.25, 0.3) is 11.4 Å². The number of aromatic nitrogens is 4. The topological polar surface area (TPSA) is 73.8 Å². The van der Waals surface area contributed by atoms with E-state index < -0.39 is 0 Å². The molecule has 3 heterocycles. The third kappa shape index (κ3) is 3.34. The average Bonchev–Trinajstić information content (AvgIpc) is 3.26. The van der Waals surface area contributed by atoms with Crippen LogP contribution in [0.5, 0.6) is 0 Å². The second kappa shape index (κ2) is 6.68. The van der Waals surface area contributed by atoms with E-state index in [1.807, 2.05) is 38.1 Å². The van der Waals surface area contributed by atoms with Crippen molar-refractivity contribution in [3.05, 3.63) is 74.6 Å². The zero-order valence-electron chi connectivity index (χ0n) is 14.3. The molecule has 0 amide bonds. The first-order valence-corrected chi connectivity index (χ1v) is 8.93. The Balaban J connectivity index is 1.66. The van der Waals surface area contributed by atoms with Gasteiger partial charge in [0.1, 0.15) is 5.01 Å². The zero-order valence-corrected chi connectivity index (χ0v) is 15.2. The van der Waals surface area contributed by atoms with Gasteiger partial charge >= 0.3 is 0 Å². The standard InChI is InChI=1S/C19H16N4O2S/c1-12-4-3-5-14(8-12)18-21-19(25-22-18)15-6-7-17(24)23(10-15)11-16-20-9-13(2)26-16/h3-10H,11H2,1-2H3. The predicted octanol–water partition coefficient (Wildman–Crippen LogP) is 3.69. The predicted molar refractivity (Wildman–Crippen MR) is 100 cm³/mol. The number of benzene rings is 1. The summed E-state index contributed by atoms with van der Waals surface area (Å²) in [6.45, 7) is 4.43. The Bertz CT molecular complexity index is 1130. The van der Waals surface area contributed by atoms with Gasteiger partial charge in [-0.1, -0.05) is 28.9 Å². The maximum absolute atomic E-state index is 12.2. The molecule has 4 aromatic rings. The van der Waals surface area contributed by atoms with Gasteiger partial charge in [-0.25, -0.2) is 4.98 Å². The molecule has 26 heavy (non-hydrogen) atoms. The summed E-state index contributed by atoms with van der Waals surface area (Å²) in [5.74, 6) is 0.905. The Morgan fingerprint density at radius 3 is 2.81 bits per heavy atom. The highest BCUT2D eigenvalue weighted by Crippen LogP contribution is 2.22. The van der Waals surface area contributed by atoms with Crippen LogP contribution in [0.4, 0.5) is 0 Å². The molecule has 6 nitrogen and oxygen atoms in total. The molecule has 0 aliphatic carbocycles. The molecule has 0 atom stereocenters. The molecule has 0 N–H and O–H groups in total. The maximum atomic E-state index is 12.2. The first-order valence-electron chi connectivity index (χ1n) is 8.11. The highest BCUT2D eigenvalue weighted by Gasteiger charge is 2.12. The minimum absolute atomic E-state index is 0.0972. The lowest BCUT2D eigenvalue weighted by atomic mass is 10.1. The van der Waals surface area contributed by atoms with Gasteiger partial charge in [0.05, 0.1) is 12.1 Å². The Labute approximate surface area is 153 Å². The summed E-state index contributed by atoms with van der Waals surface area (Å²) in [7, 11) is 0. The van der Waals surface area contributed by atoms with Crippen LogP contribution in [0.3, 0.4) is 0 Å². The SMILES string of the molecule is Cc1cccc(-c2noc(-c3ccc(=O)n(Cc4ncc(C)s4)c3)n2)c1. The normalized spacial score (nSPS) is 11.0. The number of hydrogen-bond acceptors (Lipinski definition) is 6. The Hall–Kier alpha value is -3.06. The lowest BCUT2D eigenvalue weighted by Gasteiger charge is -2.04. The lowest BCUT2D eigenvalue weighted by molar-refractivity contribution is 0.432. The van der Waals surface area contributed by atoms with E-state index in [1.165, 1.54) is 6.07 Å². The van der Waals surface area contributed by atoms with Crippen molar-refractivity contribution in [2.24, 2.45) is 0 Å². The van der Waals surface area contributed by atoms with E-state index in [4.69, 9.17) is 4.52 Å². The number of pyridine rings is 1. The largest absolute Gasteiger partial charge is 0.334 e. The first kappa shape index (κ1) is 16.4. The average molecular weight is 364 g/mol. The zero-order chi connectivity index (χ0) is 18.1. The van der Waals surface area contributed by atoms with E-state index in [2.05, 4.69) is 15.1 Å². The summed E-state index contributed by atoms with van der Waals surface area (Å²) in [6.07, 6.45) is 3.54. The maximum Gasteiger partial charge on any atom is 0.259 e. The molecule has 0 aliphatic heterocycles. The molecule has 0 fully saturated rings. The molecule has 4 rings (SSSR count). The minimum Gasteiger partial charge on any atom is -0.334 e. The molecule has 130 valence electrons. The lowest BCUT2D eigenvalue weighted by Crippen LogP contribution is -2.19. The van der Waals surface area contributed by atoms with Crippen LogP contribution in [-0.4, -0.2) is 19.7 Å². The minimum atomic E-state index is -0.0972. The van der Waals surface area contributed by atoms with Crippen molar-refractivity contribution in [3.8, 4) is 22.8 Å². The van der Waals surface area contributed by atoms with Gasteiger partial charge in [0, 0.05) is 28.9 Å². The van der Waals surface area contributed by atoms with Crippen molar-refractivity contribution in [3.63, 3.8) is 0 Å². The van der Waals surface area contributed by atoms with Crippen molar-refractivity contribution >= 4 is 11.3 Å². The van der Waals surface area contributed by atoms with E-state index in [9.17, 15) is 4.79 Å². The molecule has 0 saturated heterocycles. The molecule has 0 spiro atoms. The van der Waals surface area contributed by atoms with Crippen LogP contribution in [0.25, 0.3) is 22.8 Å². The summed E-state index contributed by atoms with van der Waals surface area (Å²) in [5, 5.41) is 4.94. The van der Waals surface area contributed by atoms with E-state index >= 15 is 0 Å². The summed E-state index contributed by atoms with van der Waals surface area (Å²) in [4.78, 5) is 22.0. The molecule has 0 bridgehead atoms. The molecule has 7 heteroatoms. The van der Waals surface area contributed by atoms with E-state index in [0.717, 1.165) is 21.0 Å². The van der Waals surface area contributed by atoms with Crippen molar-refractivity contribution in [1.82, 2.24) is 19.7 Å². The van der Waals surface area contributed by atoms with Crippen LogP contribution in [0, 0.1) is 13.8 Å². The molecule has 0 saturated carbocycles. The molecule has 3 aromatic heterocycles. The van der Waals surface area contributed by atoms with E-state index in [0.29, 0.717) is 23.8 Å². The van der Waals surface area contributed by atoms with Crippen molar-refractivity contribution < 1.29 is 4.52 Å². The van der Waals surface area contributed by atoms with Gasteiger partial charge < -0.3 is 9.09 Å². The number of thiazole rings is 1. The smallest absolute Gasteiger partial charge is 0.259 e. The Kier molecular flexibility index (Phi) is 4.22. The first-order chi connectivity index (χ1) is 12.6. The molecule has 1 aromatic carbocycles. The third-order valence-electron chi connectivity index (χ3n) is 3.91. The summed E-state index contributed by atoms with van der Waals surface area (Å²) < 4.78 is 7.01. The second-order valence-electron chi connectivity index (χ2n) is 6.04. The molecular weight excluding hydrogens is 348 g/mol. The van der Waals surface area contributed by atoms with Crippen LogP contribution in [0.15, 0.2) is 58.1 Å². The van der Waals surface area contributed by atoms with Gasteiger partial charge in [-0.3, -0.25) is 4.79 Å². The van der Waals surface area contributed by atoms with Crippen molar-refractivity contribution in [1.29, 1.82) is 0 Å². The van der Waals surface area contributed by atoms with Crippen molar-refractivity contribution in [2.75, 3.05) is 0 Å². The number of aryl methyl sites for hydroxylation is 2. The second-order valence-corrected chi connectivity index (χ2v) is 7.36. The summed E-state index contributed by atoms with van der Waals surface area (Å²) in [6, 6.07) is 11.1. The fraction of sp³-hybridized carbons (Fsp3) is 0.158. The van der Waals surface area contributed by atoms with Crippen LogP contribution in [0.2, 0.25) is 0 Å². The van der Waals surface area contributed by atoms with Gasteiger partial charge in [0.2, 0.25) is 5.82 Å². The fourth-order valence-electron chi connectivity index (χ4n) is 2.64. The van der Waals surface area contributed by atoms with Gasteiger partial charge in [0.15, 0.2) is 0 Å². The quantitative estimate of drug-likeness (QED) is 0.552. The number of nitrogens with zero attached hydrogens (tertiary/aromatic N) is 4. The Morgan fingerprint density at radius 1 is 1.15 bits per heavy atom. The van der Waals surface area contributed by atoms with Crippen LogP contribution in [0.1, 0.15) is 15.4 Å².